The second-order valence-electron chi connectivity index (χ2n) is 3.94. The molecule has 21 heavy (non-hydrogen) atoms. The van der Waals surface area contributed by atoms with Crippen LogP contribution in [0.3, 0.4) is 0 Å². The molecule has 0 aliphatic carbocycles. The van der Waals surface area contributed by atoms with Crippen molar-refractivity contribution in [1.82, 2.24) is 20.2 Å². The fourth-order valence-corrected chi connectivity index (χ4v) is 1.46. The fraction of sp³-hybridized carbons (Fsp3) is 0.273. The van der Waals surface area contributed by atoms with Crippen molar-refractivity contribution in [1.29, 1.82) is 0 Å². The normalized spacial score (nSPS) is 11.2. The Morgan fingerprint density at radius 1 is 1.29 bits per heavy atom. The summed E-state index contributed by atoms with van der Waals surface area (Å²) in [5.41, 5.74) is 0.367. The number of benzene rings is 1. The standard InChI is InChI=1S/C11H10F3N5O2/c12-11(13,14)21-9-3-1-8(2-4-9)16-10(20)5-6-19-7-15-17-18-19/h1-4,7H,5-6H2,(H,16,20). The molecule has 0 aliphatic heterocycles. The minimum Gasteiger partial charge on any atom is -0.406 e. The van der Waals surface area contributed by atoms with E-state index in [1.54, 1.807) is 0 Å². The Labute approximate surface area is 116 Å². The SMILES string of the molecule is O=C(CCn1cnnn1)Nc1ccc(OC(F)(F)F)cc1. The van der Waals surface area contributed by atoms with Gasteiger partial charge in [-0.05, 0) is 34.7 Å². The van der Waals surface area contributed by atoms with Crippen LogP contribution in [0.1, 0.15) is 6.42 Å². The molecule has 0 unspecified atom stereocenters. The zero-order valence-electron chi connectivity index (χ0n) is 10.5. The molecule has 0 radical (unpaired) electrons. The highest BCUT2D eigenvalue weighted by molar-refractivity contribution is 5.90. The number of aryl methyl sites for hydroxylation is 1. The first kappa shape index (κ1) is 14.8. The molecule has 0 atom stereocenters. The van der Waals surface area contributed by atoms with Crippen molar-refractivity contribution >= 4 is 11.6 Å². The van der Waals surface area contributed by atoms with E-state index in [2.05, 4.69) is 25.6 Å². The van der Waals surface area contributed by atoms with Crippen molar-refractivity contribution in [3.63, 3.8) is 0 Å². The van der Waals surface area contributed by atoms with Crippen LogP contribution in [-0.2, 0) is 11.3 Å². The molecule has 1 aromatic heterocycles. The van der Waals surface area contributed by atoms with Gasteiger partial charge in [0.1, 0.15) is 12.1 Å². The number of alkyl halides is 3. The van der Waals surface area contributed by atoms with E-state index >= 15 is 0 Å². The summed E-state index contributed by atoms with van der Waals surface area (Å²) in [7, 11) is 0. The number of hydrogen-bond acceptors (Lipinski definition) is 5. The number of aromatic nitrogens is 4. The van der Waals surface area contributed by atoms with E-state index in [1.807, 2.05) is 0 Å². The quantitative estimate of drug-likeness (QED) is 0.907. The highest BCUT2D eigenvalue weighted by atomic mass is 19.4. The van der Waals surface area contributed by atoms with Crippen molar-refractivity contribution in [2.45, 2.75) is 19.3 Å². The van der Waals surface area contributed by atoms with Crippen LogP contribution in [0, 0.1) is 0 Å². The molecule has 1 N–H and O–H groups in total. The van der Waals surface area contributed by atoms with Gasteiger partial charge in [0.2, 0.25) is 5.91 Å². The minimum absolute atomic E-state index is 0.131. The van der Waals surface area contributed by atoms with Gasteiger partial charge in [-0.15, -0.1) is 18.3 Å². The van der Waals surface area contributed by atoms with E-state index < -0.39 is 6.36 Å². The van der Waals surface area contributed by atoms with Crippen LogP contribution in [-0.4, -0.2) is 32.5 Å². The zero-order valence-corrected chi connectivity index (χ0v) is 10.5. The van der Waals surface area contributed by atoms with Crippen molar-refractivity contribution in [2.24, 2.45) is 0 Å². The summed E-state index contributed by atoms with van der Waals surface area (Å²) in [6.07, 6.45) is -3.24. The molecule has 1 aromatic carbocycles. The summed E-state index contributed by atoms with van der Waals surface area (Å²) in [4.78, 5) is 11.6. The van der Waals surface area contributed by atoms with Gasteiger partial charge in [0.25, 0.3) is 0 Å². The number of nitrogens with zero attached hydrogens (tertiary/aromatic N) is 4. The Morgan fingerprint density at radius 3 is 2.57 bits per heavy atom. The molecule has 0 bridgehead atoms. The van der Waals surface area contributed by atoms with Gasteiger partial charge >= 0.3 is 6.36 Å². The second kappa shape index (κ2) is 6.20. The Morgan fingerprint density at radius 2 is 2.00 bits per heavy atom. The minimum atomic E-state index is -4.74. The van der Waals surface area contributed by atoms with Crippen molar-refractivity contribution in [3.8, 4) is 5.75 Å². The second-order valence-corrected chi connectivity index (χ2v) is 3.94. The van der Waals surface area contributed by atoms with Gasteiger partial charge in [0, 0.05) is 12.1 Å². The summed E-state index contributed by atoms with van der Waals surface area (Å²) in [5.74, 6) is -0.663. The number of carbonyl (C=O) groups is 1. The molecule has 0 spiro atoms. The molecule has 0 fully saturated rings. The molecule has 2 rings (SSSR count). The van der Waals surface area contributed by atoms with E-state index in [1.165, 1.54) is 23.1 Å². The number of rotatable bonds is 5. The molecule has 1 amide bonds. The van der Waals surface area contributed by atoms with Gasteiger partial charge in [0.15, 0.2) is 0 Å². The number of carbonyl (C=O) groups excluding carboxylic acids is 1. The lowest BCUT2D eigenvalue weighted by atomic mass is 10.3. The Hall–Kier alpha value is -2.65. The smallest absolute Gasteiger partial charge is 0.406 e. The third-order valence-electron chi connectivity index (χ3n) is 2.33. The first-order valence-corrected chi connectivity index (χ1v) is 5.79. The summed E-state index contributed by atoms with van der Waals surface area (Å²) in [6.45, 7) is 0.300. The molecule has 112 valence electrons. The third-order valence-corrected chi connectivity index (χ3v) is 2.33. The summed E-state index contributed by atoms with van der Waals surface area (Å²) in [5, 5.41) is 13.0. The Bertz CT molecular complexity index is 583. The number of hydrogen-bond donors (Lipinski definition) is 1. The predicted octanol–water partition coefficient (Wildman–Crippen LogP) is 1.60. The van der Waals surface area contributed by atoms with Gasteiger partial charge in [0.05, 0.1) is 6.54 Å². The first-order chi connectivity index (χ1) is 9.92. The molecule has 2 aromatic rings. The highest BCUT2D eigenvalue weighted by Crippen LogP contribution is 2.23. The molecule has 0 saturated heterocycles. The van der Waals surface area contributed by atoms with Gasteiger partial charge in [-0.1, -0.05) is 0 Å². The molecule has 1 heterocycles. The van der Waals surface area contributed by atoms with Gasteiger partial charge < -0.3 is 10.1 Å². The largest absolute Gasteiger partial charge is 0.573 e. The molecule has 0 aliphatic rings. The molecular weight excluding hydrogens is 291 g/mol. The Kier molecular flexibility index (Phi) is 4.36. The van der Waals surface area contributed by atoms with Crippen molar-refractivity contribution in [2.75, 3.05) is 5.32 Å². The van der Waals surface area contributed by atoms with Crippen LogP contribution >= 0.6 is 0 Å². The predicted molar refractivity (Wildman–Crippen MR) is 64.2 cm³/mol. The average molecular weight is 301 g/mol. The lowest BCUT2D eigenvalue weighted by Gasteiger charge is -2.09. The van der Waals surface area contributed by atoms with E-state index in [-0.39, 0.29) is 18.1 Å². The summed E-state index contributed by atoms with van der Waals surface area (Å²) < 4.78 is 41.0. The molecule has 7 nitrogen and oxygen atoms in total. The molecular formula is C11H10F3N5O2. The van der Waals surface area contributed by atoms with Crippen molar-refractivity contribution < 1.29 is 22.7 Å². The van der Waals surface area contributed by atoms with E-state index in [4.69, 9.17) is 0 Å². The van der Waals surface area contributed by atoms with E-state index in [9.17, 15) is 18.0 Å². The number of anilines is 1. The van der Waals surface area contributed by atoms with Crippen LogP contribution in [0.5, 0.6) is 5.75 Å². The Balaban J connectivity index is 1.83. The van der Waals surface area contributed by atoms with Crippen LogP contribution < -0.4 is 10.1 Å². The number of halogens is 3. The van der Waals surface area contributed by atoms with Crippen LogP contribution in [0.15, 0.2) is 30.6 Å². The highest BCUT2D eigenvalue weighted by Gasteiger charge is 2.30. The lowest BCUT2D eigenvalue weighted by molar-refractivity contribution is -0.274. The van der Waals surface area contributed by atoms with Crippen molar-refractivity contribution in [3.05, 3.63) is 30.6 Å². The zero-order chi connectivity index (χ0) is 15.3. The van der Waals surface area contributed by atoms with Gasteiger partial charge in [-0.25, -0.2) is 4.68 Å². The van der Waals surface area contributed by atoms with Crippen LogP contribution in [0.4, 0.5) is 18.9 Å². The number of nitrogens with one attached hydrogen (secondary N) is 1. The third kappa shape index (κ3) is 5.09. The lowest BCUT2D eigenvalue weighted by Crippen LogP contribution is -2.17. The van der Waals surface area contributed by atoms with E-state index in [0.29, 0.717) is 12.2 Å². The van der Waals surface area contributed by atoms with Gasteiger partial charge in [-0.3, -0.25) is 4.79 Å². The maximum Gasteiger partial charge on any atom is 0.573 e. The number of ether oxygens (including phenoxy) is 1. The van der Waals surface area contributed by atoms with Crippen LogP contribution in [0.2, 0.25) is 0 Å². The summed E-state index contributed by atoms with van der Waals surface area (Å²) >= 11 is 0. The maximum atomic E-state index is 12.0. The molecule has 10 heteroatoms. The van der Waals surface area contributed by atoms with Crippen LogP contribution in [0.25, 0.3) is 0 Å². The first-order valence-electron chi connectivity index (χ1n) is 5.79. The maximum absolute atomic E-state index is 12.0. The average Bonchev–Trinajstić information content (AvgIpc) is 2.90. The summed E-state index contributed by atoms with van der Waals surface area (Å²) in [6, 6.07) is 4.86. The monoisotopic (exact) mass is 301 g/mol. The fourth-order valence-electron chi connectivity index (χ4n) is 1.46. The van der Waals surface area contributed by atoms with Gasteiger partial charge in [-0.2, -0.15) is 0 Å². The number of amides is 1. The van der Waals surface area contributed by atoms with E-state index in [0.717, 1.165) is 12.1 Å². The topological polar surface area (TPSA) is 81.9 Å². The number of tetrazole rings is 1. The molecule has 0 saturated carbocycles.